The molecular formula is C13H22N2O2. The molecule has 0 aliphatic carbocycles. The van der Waals surface area contributed by atoms with Crippen LogP contribution < -0.4 is 5.32 Å². The summed E-state index contributed by atoms with van der Waals surface area (Å²) in [6.45, 7) is 5.80. The first-order chi connectivity index (χ1) is 8.38. The second kappa shape index (κ2) is 9.10. The highest BCUT2D eigenvalue weighted by molar-refractivity contribution is 5.19. The third-order valence-electron chi connectivity index (χ3n) is 2.51. The molecule has 0 unspecified atom stereocenters. The molecule has 0 spiro atoms. The number of aryl methyl sites for hydroxylation is 1. The Morgan fingerprint density at radius 3 is 2.94 bits per heavy atom. The van der Waals surface area contributed by atoms with E-state index in [1.54, 1.807) is 7.11 Å². The fraction of sp³-hybridized carbons (Fsp3) is 0.615. The van der Waals surface area contributed by atoms with Crippen LogP contribution in [0.4, 0.5) is 0 Å². The summed E-state index contributed by atoms with van der Waals surface area (Å²) in [5, 5.41) is 3.32. The Kier molecular flexibility index (Phi) is 7.54. The minimum Gasteiger partial charge on any atom is -0.382 e. The van der Waals surface area contributed by atoms with E-state index in [2.05, 4.69) is 23.3 Å². The standard InChI is InChI=1S/C13H22N2O2/c1-3-12-5-4-6-15-13(12)11-14-7-8-17-10-9-16-2/h4-6,14H,3,7-11H2,1-2H3. The Morgan fingerprint density at radius 1 is 1.29 bits per heavy atom. The summed E-state index contributed by atoms with van der Waals surface area (Å²) >= 11 is 0. The van der Waals surface area contributed by atoms with Gasteiger partial charge in [0, 0.05) is 26.4 Å². The Bertz CT molecular complexity index is 305. The quantitative estimate of drug-likeness (QED) is 0.660. The van der Waals surface area contributed by atoms with Crippen LogP contribution in [0.5, 0.6) is 0 Å². The summed E-state index contributed by atoms with van der Waals surface area (Å²) in [6.07, 6.45) is 2.86. The number of aromatic nitrogens is 1. The van der Waals surface area contributed by atoms with Crippen molar-refractivity contribution in [2.24, 2.45) is 0 Å². The van der Waals surface area contributed by atoms with Gasteiger partial charge in [0.2, 0.25) is 0 Å². The average molecular weight is 238 g/mol. The van der Waals surface area contributed by atoms with E-state index >= 15 is 0 Å². The summed E-state index contributed by atoms with van der Waals surface area (Å²) in [6, 6.07) is 4.11. The largest absolute Gasteiger partial charge is 0.382 e. The molecule has 0 radical (unpaired) electrons. The Hall–Kier alpha value is -0.970. The van der Waals surface area contributed by atoms with Crippen molar-refractivity contribution in [1.29, 1.82) is 0 Å². The highest BCUT2D eigenvalue weighted by Gasteiger charge is 2.00. The van der Waals surface area contributed by atoms with Gasteiger partial charge in [-0.1, -0.05) is 13.0 Å². The van der Waals surface area contributed by atoms with E-state index in [1.165, 1.54) is 5.56 Å². The topological polar surface area (TPSA) is 43.4 Å². The van der Waals surface area contributed by atoms with Gasteiger partial charge >= 0.3 is 0 Å². The fourth-order valence-corrected chi connectivity index (χ4v) is 1.55. The highest BCUT2D eigenvalue weighted by atomic mass is 16.5. The van der Waals surface area contributed by atoms with E-state index < -0.39 is 0 Å². The van der Waals surface area contributed by atoms with Gasteiger partial charge in [-0.25, -0.2) is 0 Å². The second-order valence-electron chi connectivity index (χ2n) is 3.74. The minimum absolute atomic E-state index is 0.653. The maximum atomic E-state index is 5.36. The molecule has 1 rings (SSSR count). The predicted molar refractivity (Wildman–Crippen MR) is 68.0 cm³/mol. The van der Waals surface area contributed by atoms with E-state index in [1.807, 2.05) is 12.3 Å². The summed E-state index contributed by atoms with van der Waals surface area (Å²) in [5.74, 6) is 0. The van der Waals surface area contributed by atoms with Crippen molar-refractivity contribution >= 4 is 0 Å². The van der Waals surface area contributed by atoms with Crippen molar-refractivity contribution in [3.8, 4) is 0 Å². The molecule has 1 N–H and O–H groups in total. The van der Waals surface area contributed by atoms with Crippen LogP contribution in [0.2, 0.25) is 0 Å². The Morgan fingerprint density at radius 2 is 2.18 bits per heavy atom. The molecule has 0 atom stereocenters. The maximum absolute atomic E-state index is 5.36. The number of nitrogens with one attached hydrogen (secondary N) is 1. The summed E-state index contributed by atoms with van der Waals surface area (Å²) in [7, 11) is 1.68. The van der Waals surface area contributed by atoms with E-state index in [-0.39, 0.29) is 0 Å². The first-order valence-electron chi connectivity index (χ1n) is 6.08. The zero-order valence-corrected chi connectivity index (χ0v) is 10.7. The van der Waals surface area contributed by atoms with Crippen molar-refractivity contribution in [3.63, 3.8) is 0 Å². The van der Waals surface area contributed by atoms with Crippen LogP contribution in [-0.2, 0) is 22.4 Å². The molecule has 0 aliphatic heterocycles. The molecule has 96 valence electrons. The molecular weight excluding hydrogens is 216 g/mol. The molecule has 1 aromatic heterocycles. The molecule has 0 fully saturated rings. The number of hydrogen-bond acceptors (Lipinski definition) is 4. The molecule has 17 heavy (non-hydrogen) atoms. The molecule has 4 heteroatoms. The normalized spacial score (nSPS) is 10.7. The molecule has 1 heterocycles. The van der Waals surface area contributed by atoms with Crippen molar-refractivity contribution in [2.45, 2.75) is 19.9 Å². The Labute approximate surface area is 103 Å². The molecule has 0 aliphatic rings. The van der Waals surface area contributed by atoms with Crippen LogP contribution >= 0.6 is 0 Å². The van der Waals surface area contributed by atoms with Gasteiger partial charge in [-0.3, -0.25) is 4.98 Å². The summed E-state index contributed by atoms with van der Waals surface area (Å²) in [4.78, 5) is 4.37. The third kappa shape index (κ3) is 5.77. The first kappa shape index (κ1) is 14.1. The number of hydrogen-bond donors (Lipinski definition) is 1. The predicted octanol–water partition coefficient (Wildman–Crippen LogP) is 1.40. The van der Waals surface area contributed by atoms with E-state index in [0.29, 0.717) is 19.8 Å². The van der Waals surface area contributed by atoms with Gasteiger partial charge in [-0.15, -0.1) is 0 Å². The van der Waals surface area contributed by atoms with Crippen LogP contribution in [0.25, 0.3) is 0 Å². The smallest absolute Gasteiger partial charge is 0.0700 e. The number of nitrogens with zero attached hydrogens (tertiary/aromatic N) is 1. The van der Waals surface area contributed by atoms with E-state index in [0.717, 1.165) is 25.2 Å². The van der Waals surface area contributed by atoms with Crippen molar-refractivity contribution < 1.29 is 9.47 Å². The van der Waals surface area contributed by atoms with Crippen molar-refractivity contribution in [3.05, 3.63) is 29.6 Å². The van der Waals surface area contributed by atoms with Crippen LogP contribution in [0, 0.1) is 0 Å². The maximum Gasteiger partial charge on any atom is 0.0700 e. The van der Waals surface area contributed by atoms with E-state index in [4.69, 9.17) is 9.47 Å². The van der Waals surface area contributed by atoms with Crippen LogP contribution in [0.15, 0.2) is 18.3 Å². The van der Waals surface area contributed by atoms with Crippen LogP contribution in [0.1, 0.15) is 18.2 Å². The zero-order valence-electron chi connectivity index (χ0n) is 10.7. The molecule has 0 saturated carbocycles. The third-order valence-corrected chi connectivity index (χ3v) is 2.51. The average Bonchev–Trinajstić information content (AvgIpc) is 2.38. The van der Waals surface area contributed by atoms with Crippen LogP contribution in [0.3, 0.4) is 0 Å². The van der Waals surface area contributed by atoms with Crippen molar-refractivity contribution in [2.75, 3.05) is 33.5 Å². The van der Waals surface area contributed by atoms with Gasteiger partial charge in [0.05, 0.1) is 25.5 Å². The number of ether oxygens (including phenoxy) is 2. The Balaban J connectivity index is 2.13. The second-order valence-corrected chi connectivity index (χ2v) is 3.74. The van der Waals surface area contributed by atoms with E-state index in [9.17, 15) is 0 Å². The van der Waals surface area contributed by atoms with Gasteiger partial charge in [-0.2, -0.15) is 0 Å². The zero-order chi connectivity index (χ0) is 12.3. The molecule has 0 saturated heterocycles. The molecule has 0 bridgehead atoms. The first-order valence-corrected chi connectivity index (χ1v) is 6.08. The number of pyridine rings is 1. The SMILES string of the molecule is CCc1cccnc1CNCCOCCOC. The monoisotopic (exact) mass is 238 g/mol. The van der Waals surface area contributed by atoms with Gasteiger partial charge in [0.15, 0.2) is 0 Å². The van der Waals surface area contributed by atoms with Gasteiger partial charge in [0.1, 0.15) is 0 Å². The molecule has 1 aromatic rings. The summed E-state index contributed by atoms with van der Waals surface area (Å²) < 4.78 is 10.3. The molecule has 0 aromatic carbocycles. The lowest BCUT2D eigenvalue weighted by Crippen LogP contribution is -2.21. The lowest BCUT2D eigenvalue weighted by molar-refractivity contribution is 0.0719. The molecule has 0 amide bonds. The van der Waals surface area contributed by atoms with Crippen molar-refractivity contribution in [1.82, 2.24) is 10.3 Å². The minimum atomic E-state index is 0.653. The van der Waals surface area contributed by atoms with Gasteiger partial charge < -0.3 is 14.8 Å². The lowest BCUT2D eigenvalue weighted by atomic mass is 10.1. The lowest BCUT2D eigenvalue weighted by Gasteiger charge is -2.08. The summed E-state index contributed by atoms with van der Waals surface area (Å²) in [5.41, 5.74) is 2.44. The van der Waals surface area contributed by atoms with Gasteiger partial charge in [-0.05, 0) is 18.1 Å². The van der Waals surface area contributed by atoms with Gasteiger partial charge in [0.25, 0.3) is 0 Å². The fourth-order valence-electron chi connectivity index (χ4n) is 1.55. The number of rotatable bonds is 9. The highest BCUT2D eigenvalue weighted by Crippen LogP contribution is 2.05. The number of methoxy groups -OCH3 is 1. The van der Waals surface area contributed by atoms with Crippen LogP contribution in [-0.4, -0.2) is 38.5 Å². The molecule has 4 nitrogen and oxygen atoms in total.